The summed E-state index contributed by atoms with van der Waals surface area (Å²) in [6.45, 7) is 4.17. The molecule has 54 valence electrons. The van der Waals surface area contributed by atoms with Gasteiger partial charge in [0.05, 0.1) is 0 Å². The third kappa shape index (κ3) is 1.53. The molecule has 0 heterocycles. The Morgan fingerprint density at radius 1 is 1.20 bits per heavy atom. The van der Waals surface area contributed by atoms with Crippen LogP contribution in [0.2, 0.25) is 0 Å². The van der Waals surface area contributed by atoms with Crippen LogP contribution in [0.15, 0.2) is 17.0 Å². The second kappa shape index (κ2) is 2.94. The maximum Gasteiger partial charge on any atom is 0.00755 e. The van der Waals surface area contributed by atoms with E-state index in [1.807, 2.05) is 0 Å². The van der Waals surface area contributed by atoms with Gasteiger partial charge in [-0.3, -0.25) is 0 Å². The molecule has 1 unspecified atom stereocenters. The number of hydrogen-bond acceptors (Lipinski definition) is 1. The molecule has 10 heavy (non-hydrogen) atoms. The first kappa shape index (κ1) is 8.10. The standard InChI is InChI=1S/C8H11PS/c1-5-3-6(2)8(10)4-7(5)9/h3-4,10H,9H2,1-2H3. The number of hydrogen-bond donors (Lipinski definition) is 1. The van der Waals surface area contributed by atoms with E-state index in [0.29, 0.717) is 0 Å². The van der Waals surface area contributed by atoms with E-state index < -0.39 is 0 Å². The van der Waals surface area contributed by atoms with Crippen molar-refractivity contribution < 1.29 is 0 Å². The predicted octanol–water partition coefficient (Wildman–Crippen LogP) is 2.09. The lowest BCUT2D eigenvalue weighted by Crippen LogP contribution is -1.97. The molecule has 0 aliphatic carbocycles. The summed E-state index contributed by atoms with van der Waals surface area (Å²) in [4.78, 5) is 1.07. The normalized spacial score (nSPS) is 10.0. The Balaban J connectivity index is 3.28. The van der Waals surface area contributed by atoms with Crippen LogP contribution in [-0.2, 0) is 0 Å². The average Bonchev–Trinajstić information content (AvgIpc) is 1.84. The van der Waals surface area contributed by atoms with E-state index in [1.165, 1.54) is 16.4 Å². The molecule has 1 rings (SSSR count). The van der Waals surface area contributed by atoms with E-state index in [2.05, 4.69) is 47.8 Å². The number of aryl methyl sites for hydroxylation is 2. The molecule has 0 radical (unpaired) electrons. The Hall–Kier alpha value is -0.0000000000000000555. The van der Waals surface area contributed by atoms with Crippen molar-refractivity contribution in [2.45, 2.75) is 18.7 Å². The first-order valence-corrected chi connectivity index (χ1v) is 4.19. The lowest BCUT2D eigenvalue weighted by atomic mass is 10.2. The van der Waals surface area contributed by atoms with E-state index in [4.69, 9.17) is 0 Å². The van der Waals surface area contributed by atoms with Gasteiger partial charge < -0.3 is 0 Å². The van der Waals surface area contributed by atoms with Gasteiger partial charge in [0.1, 0.15) is 0 Å². The summed E-state index contributed by atoms with van der Waals surface area (Å²) in [5.74, 6) is 0. The van der Waals surface area contributed by atoms with Crippen molar-refractivity contribution in [3.8, 4) is 0 Å². The van der Waals surface area contributed by atoms with Crippen LogP contribution in [0.3, 0.4) is 0 Å². The summed E-state index contributed by atoms with van der Waals surface area (Å²) in [6.07, 6.45) is 0. The van der Waals surface area contributed by atoms with Gasteiger partial charge in [-0.05, 0) is 36.3 Å². The summed E-state index contributed by atoms with van der Waals surface area (Å²) in [5, 5.41) is 1.23. The van der Waals surface area contributed by atoms with E-state index in [-0.39, 0.29) is 0 Å². The average molecular weight is 170 g/mol. The third-order valence-corrected chi connectivity index (χ3v) is 2.69. The van der Waals surface area contributed by atoms with E-state index in [0.717, 1.165) is 4.90 Å². The lowest BCUT2D eigenvalue weighted by molar-refractivity contribution is 1.29. The fourth-order valence-corrected chi connectivity index (χ4v) is 1.45. The molecule has 0 N–H and O–H groups in total. The molecule has 0 spiro atoms. The van der Waals surface area contributed by atoms with Gasteiger partial charge >= 0.3 is 0 Å². The van der Waals surface area contributed by atoms with E-state index in [1.54, 1.807) is 0 Å². The van der Waals surface area contributed by atoms with Crippen molar-refractivity contribution in [1.82, 2.24) is 0 Å². The van der Waals surface area contributed by atoms with Gasteiger partial charge in [0.2, 0.25) is 0 Å². The summed E-state index contributed by atoms with van der Waals surface area (Å²) < 4.78 is 0. The minimum absolute atomic E-state index is 1.07. The van der Waals surface area contributed by atoms with Crippen molar-refractivity contribution in [2.24, 2.45) is 0 Å². The summed E-state index contributed by atoms with van der Waals surface area (Å²) >= 11 is 4.30. The Labute approximate surface area is 69.6 Å². The molecule has 1 aromatic rings. The predicted molar refractivity (Wildman–Crippen MR) is 52.5 cm³/mol. The van der Waals surface area contributed by atoms with Crippen LogP contribution < -0.4 is 5.30 Å². The lowest BCUT2D eigenvalue weighted by Gasteiger charge is -2.03. The van der Waals surface area contributed by atoms with Crippen LogP contribution in [0, 0.1) is 13.8 Å². The fourth-order valence-electron chi connectivity index (χ4n) is 0.857. The van der Waals surface area contributed by atoms with Crippen LogP contribution in [0.5, 0.6) is 0 Å². The molecule has 0 fully saturated rings. The molecule has 1 atom stereocenters. The highest BCUT2D eigenvalue weighted by Gasteiger charge is 1.96. The zero-order valence-corrected chi connectivity index (χ0v) is 8.23. The number of thiol groups is 1. The van der Waals surface area contributed by atoms with E-state index in [9.17, 15) is 0 Å². The summed E-state index contributed by atoms with van der Waals surface area (Å²) in [6, 6.07) is 4.21. The largest absolute Gasteiger partial charge is 0.143 e. The van der Waals surface area contributed by atoms with Crippen molar-refractivity contribution in [2.75, 3.05) is 0 Å². The van der Waals surface area contributed by atoms with Crippen LogP contribution in [0.4, 0.5) is 0 Å². The second-order valence-corrected chi connectivity index (χ2v) is 3.60. The van der Waals surface area contributed by atoms with Gasteiger partial charge in [-0.1, -0.05) is 6.07 Å². The van der Waals surface area contributed by atoms with Crippen LogP contribution in [-0.4, -0.2) is 0 Å². The molecule has 0 aliphatic heterocycles. The second-order valence-electron chi connectivity index (χ2n) is 2.50. The van der Waals surface area contributed by atoms with Crippen molar-refractivity contribution in [3.05, 3.63) is 23.3 Å². The van der Waals surface area contributed by atoms with Crippen molar-refractivity contribution in [3.63, 3.8) is 0 Å². The SMILES string of the molecule is Cc1cc(C)c(S)cc1P. The molecule has 0 bridgehead atoms. The molecule has 2 heteroatoms. The van der Waals surface area contributed by atoms with Gasteiger partial charge in [-0.25, -0.2) is 0 Å². The first-order valence-electron chi connectivity index (χ1n) is 3.17. The molecule has 1 aromatic carbocycles. The van der Waals surface area contributed by atoms with Crippen LogP contribution >= 0.6 is 21.9 Å². The third-order valence-electron chi connectivity index (χ3n) is 1.58. The maximum absolute atomic E-state index is 4.30. The van der Waals surface area contributed by atoms with E-state index >= 15 is 0 Å². The molecule has 0 aromatic heterocycles. The van der Waals surface area contributed by atoms with Gasteiger partial charge in [0.15, 0.2) is 0 Å². The quantitative estimate of drug-likeness (QED) is 0.447. The molecule has 0 amide bonds. The highest BCUT2D eigenvalue weighted by molar-refractivity contribution is 7.80. The van der Waals surface area contributed by atoms with Crippen molar-refractivity contribution in [1.29, 1.82) is 0 Å². The Morgan fingerprint density at radius 2 is 1.80 bits per heavy atom. The van der Waals surface area contributed by atoms with Crippen LogP contribution in [0.25, 0.3) is 0 Å². The highest BCUT2D eigenvalue weighted by atomic mass is 32.1. The molecule has 0 aliphatic rings. The summed E-state index contributed by atoms with van der Waals surface area (Å²) in [5.41, 5.74) is 2.55. The van der Waals surface area contributed by atoms with Gasteiger partial charge in [-0.2, -0.15) is 0 Å². The Bertz CT molecular complexity index is 205. The van der Waals surface area contributed by atoms with Gasteiger partial charge in [0.25, 0.3) is 0 Å². The van der Waals surface area contributed by atoms with Crippen molar-refractivity contribution >= 4 is 27.2 Å². The monoisotopic (exact) mass is 170 g/mol. The fraction of sp³-hybridized carbons (Fsp3) is 0.250. The molecule has 0 nitrogen and oxygen atoms in total. The number of rotatable bonds is 0. The van der Waals surface area contributed by atoms with Gasteiger partial charge in [0, 0.05) is 4.90 Å². The molecular weight excluding hydrogens is 159 g/mol. The zero-order valence-electron chi connectivity index (χ0n) is 6.18. The first-order chi connectivity index (χ1) is 4.61. The maximum atomic E-state index is 4.30. The highest BCUT2D eigenvalue weighted by Crippen LogP contribution is 2.13. The molecule has 0 saturated heterocycles. The van der Waals surface area contributed by atoms with Crippen LogP contribution in [0.1, 0.15) is 11.1 Å². The number of benzene rings is 1. The minimum Gasteiger partial charge on any atom is -0.143 e. The molecule has 0 saturated carbocycles. The van der Waals surface area contributed by atoms with Gasteiger partial charge in [-0.15, -0.1) is 21.9 Å². The topological polar surface area (TPSA) is 0 Å². The Morgan fingerprint density at radius 3 is 2.30 bits per heavy atom. The summed E-state index contributed by atoms with van der Waals surface area (Å²) in [7, 11) is 2.69. The zero-order chi connectivity index (χ0) is 7.72. The minimum atomic E-state index is 1.07. The Kier molecular flexibility index (Phi) is 2.38. The smallest absolute Gasteiger partial charge is 0.00755 e. The molecular formula is C8H11PS.